The molecule has 76 valence electrons. The van der Waals surface area contributed by atoms with Crippen LogP contribution < -0.4 is 4.74 Å². The molecule has 0 aromatic heterocycles. The van der Waals surface area contributed by atoms with Crippen molar-refractivity contribution >= 4 is 17.6 Å². The minimum atomic E-state index is -2.17. The molecule has 0 saturated heterocycles. The van der Waals surface area contributed by atoms with Crippen molar-refractivity contribution in [3.05, 3.63) is 28.8 Å². The number of methoxy groups -OCH3 is 1. The maximum Gasteiger partial charge on any atom is 0.343 e. The van der Waals surface area contributed by atoms with Gasteiger partial charge in [0, 0.05) is 0 Å². The van der Waals surface area contributed by atoms with Gasteiger partial charge in [-0.2, -0.15) is 0 Å². The van der Waals surface area contributed by atoms with Crippen LogP contribution in [0.2, 0.25) is 5.02 Å². The molecular formula is C9H8ClFO3. The molecule has 1 aromatic rings. The Labute approximate surface area is 85.1 Å². The average molecular weight is 219 g/mol. The molecule has 1 atom stereocenters. The highest BCUT2D eigenvalue weighted by atomic mass is 35.5. The summed E-state index contributed by atoms with van der Waals surface area (Å²) in [5, 5.41) is 8.53. The molecule has 1 N–H and O–H groups in total. The predicted molar refractivity (Wildman–Crippen MR) is 49.5 cm³/mol. The summed E-state index contributed by atoms with van der Waals surface area (Å²) < 4.78 is 18.0. The normalized spacial score (nSPS) is 12.2. The van der Waals surface area contributed by atoms with E-state index in [2.05, 4.69) is 0 Å². The van der Waals surface area contributed by atoms with Gasteiger partial charge in [0.05, 0.1) is 17.7 Å². The Morgan fingerprint density at radius 3 is 2.79 bits per heavy atom. The van der Waals surface area contributed by atoms with Gasteiger partial charge in [0.15, 0.2) is 0 Å². The number of aliphatic carboxylic acids is 1. The van der Waals surface area contributed by atoms with E-state index in [4.69, 9.17) is 21.4 Å². The second-order valence-electron chi connectivity index (χ2n) is 2.56. The molecule has 0 spiro atoms. The fourth-order valence-corrected chi connectivity index (χ4v) is 1.33. The fraction of sp³-hybridized carbons (Fsp3) is 0.222. The average Bonchev–Trinajstić information content (AvgIpc) is 2.16. The first-order valence-electron chi connectivity index (χ1n) is 3.77. The Morgan fingerprint density at radius 2 is 2.29 bits per heavy atom. The van der Waals surface area contributed by atoms with E-state index < -0.39 is 12.1 Å². The summed E-state index contributed by atoms with van der Waals surface area (Å²) in [4.78, 5) is 10.4. The molecule has 0 amide bonds. The van der Waals surface area contributed by atoms with Gasteiger partial charge in [-0.25, -0.2) is 9.18 Å². The highest BCUT2D eigenvalue weighted by Crippen LogP contribution is 2.34. The number of carboxylic acids is 1. The van der Waals surface area contributed by atoms with Crippen LogP contribution in [0.5, 0.6) is 5.75 Å². The highest BCUT2D eigenvalue weighted by Gasteiger charge is 2.25. The zero-order valence-electron chi connectivity index (χ0n) is 7.33. The van der Waals surface area contributed by atoms with E-state index in [1.807, 2.05) is 0 Å². The van der Waals surface area contributed by atoms with Gasteiger partial charge in [-0.05, 0) is 12.1 Å². The van der Waals surface area contributed by atoms with Crippen LogP contribution in [-0.4, -0.2) is 18.2 Å². The number of carbonyl (C=O) groups is 1. The van der Waals surface area contributed by atoms with Crippen LogP contribution in [0.1, 0.15) is 11.7 Å². The second kappa shape index (κ2) is 4.28. The van der Waals surface area contributed by atoms with E-state index in [9.17, 15) is 9.18 Å². The molecule has 1 rings (SSSR count). The summed E-state index contributed by atoms with van der Waals surface area (Å²) in [7, 11) is 1.32. The number of halogens is 2. The van der Waals surface area contributed by atoms with Crippen LogP contribution in [0.25, 0.3) is 0 Å². The van der Waals surface area contributed by atoms with E-state index >= 15 is 0 Å². The van der Waals surface area contributed by atoms with Crippen LogP contribution in [0.15, 0.2) is 18.2 Å². The van der Waals surface area contributed by atoms with Crippen LogP contribution in [0.3, 0.4) is 0 Å². The van der Waals surface area contributed by atoms with E-state index in [1.54, 1.807) is 6.07 Å². The van der Waals surface area contributed by atoms with Crippen LogP contribution >= 0.6 is 11.6 Å². The van der Waals surface area contributed by atoms with E-state index in [1.165, 1.54) is 19.2 Å². The molecule has 0 heterocycles. The topological polar surface area (TPSA) is 46.5 Å². The van der Waals surface area contributed by atoms with Crippen LogP contribution in [0.4, 0.5) is 4.39 Å². The predicted octanol–water partition coefficient (Wildman–Crippen LogP) is 2.44. The monoisotopic (exact) mass is 218 g/mol. The van der Waals surface area contributed by atoms with Crippen LogP contribution in [0, 0.1) is 0 Å². The van der Waals surface area contributed by atoms with Gasteiger partial charge >= 0.3 is 5.97 Å². The summed E-state index contributed by atoms with van der Waals surface area (Å²) in [6, 6.07) is 4.42. The maximum atomic E-state index is 13.2. The Kier molecular flexibility index (Phi) is 3.30. The lowest BCUT2D eigenvalue weighted by Crippen LogP contribution is -2.08. The molecule has 14 heavy (non-hydrogen) atoms. The first-order chi connectivity index (χ1) is 6.57. The zero-order valence-corrected chi connectivity index (χ0v) is 8.08. The fourth-order valence-electron chi connectivity index (χ4n) is 1.06. The lowest BCUT2D eigenvalue weighted by molar-refractivity contribution is -0.143. The third kappa shape index (κ3) is 1.96. The number of rotatable bonds is 3. The summed E-state index contributed by atoms with van der Waals surface area (Å²) >= 11 is 5.66. The number of alkyl halides is 1. The van der Waals surface area contributed by atoms with E-state index in [-0.39, 0.29) is 16.3 Å². The van der Waals surface area contributed by atoms with Gasteiger partial charge in [0.25, 0.3) is 0 Å². The standard InChI is InChI=1S/C9H8ClFO3/c1-14-6-4-2-3-5(10)7(6)8(11)9(12)13/h2-4,8H,1H3,(H,12,13). The van der Waals surface area contributed by atoms with Gasteiger partial charge in [0.2, 0.25) is 6.17 Å². The maximum absolute atomic E-state index is 13.2. The molecule has 0 aliphatic carbocycles. The van der Waals surface area contributed by atoms with Gasteiger partial charge in [0.1, 0.15) is 5.75 Å². The number of hydrogen-bond acceptors (Lipinski definition) is 2. The van der Waals surface area contributed by atoms with Crippen molar-refractivity contribution in [3.63, 3.8) is 0 Å². The minimum Gasteiger partial charge on any atom is -0.496 e. The molecule has 3 nitrogen and oxygen atoms in total. The van der Waals surface area contributed by atoms with Crippen molar-refractivity contribution in [1.29, 1.82) is 0 Å². The van der Waals surface area contributed by atoms with E-state index in [0.29, 0.717) is 0 Å². The first-order valence-corrected chi connectivity index (χ1v) is 4.15. The van der Waals surface area contributed by atoms with Gasteiger partial charge in [-0.15, -0.1) is 0 Å². The molecule has 0 saturated carbocycles. The third-order valence-electron chi connectivity index (χ3n) is 1.70. The molecule has 5 heteroatoms. The van der Waals surface area contributed by atoms with Crippen LogP contribution in [-0.2, 0) is 4.79 Å². The SMILES string of the molecule is COc1cccc(Cl)c1C(F)C(=O)O. The van der Waals surface area contributed by atoms with Gasteiger partial charge < -0.3 is 9.84 Å². The van der Waals surface area contributed by atoms with Crippen molar-refractivity contribution in [2.24, 2.45) is 0 Å². The number of benzene rings is 1. The third-order valence-corrected chi connectivity index (χ3v) is 2.03. The quantitative estimate of drug-likeness (QED) is 0.848. The molecule has 0 aliphatic rings. The smallest absolute Gasteiger partial charge is 0.343 e. The lowest BCUT2D eigenvalue weighted by atomic mass is 10.1. The Hall–Kier alpha value is -1.29. The number of hydrogen-bond donors (Lipinski definition) is 1. The molecule has 0 aliphatic heterocycles. The first kappa shape index (κ1) is 10.8. The zero-order chi connectivity index (χ0) is 10.7. The Bertz CT molecular complexity index is 354. The van der Waals surface area contributed by atoms with Crippen molar-refractivity contribution in [1.82, 2.24) is 0 Å². The number of carboxylic acid groups (broad SMARTS) is 1. The minimum absolute atomic E-state index is 0.0410. The summed E-state index contributed by atoms with van der Waals surface area (Å²) in [5.74, 6) is -1.45. The molecule has 1 unspecified atom stereocenters. The largest absolute Gasteiger partial charge is 0.496 e. The van der Waals surface area contributed by atoms with Crippen molar-refractivity contribution in [3.8, 4) is 5.75 Å². The second-order valence-corrected chi connectivity index (χ2v) is 2.96. The summed E-state index contributed by atoms with van der Waals surface area (Å²) in [6.07, 6.45) is -2.17. The molecular weight excluding hydrogens is 211 g/mol. The van der Waals surface area contributed by atoms with E-state index in [0.717, 1.165) is 0 Å². The highest BCUT2D eigenvalue weighted by molar-refractivity contribution is 6.31. The molecule has 0 bridgehead atoms. The van der Waals surface area contributed by atoms with Gasteiger partial charge in [-0.3, -0.25) is 0 Å². The molecule has 1 aromatic carbocycles. The molecule has 0 radical (unpaired) electrons. The number of ether oxygens (including phenoxy) is 1. The summed E-state index contributed by atoms with van der Waals surface area (Å²) in [6.45, 7) is 0. The summed E-state index contributed by atoms with van der Waals surface area (Å²) in [5.41, 5.74) is -0.149. The van der Waals surface area contributed by atoms with Crippen molar-refractivity contribution in [2.75, 3.05) is 7.11 Å². The Morgan fingerprint density at radius 1 is 1.64 bits per heavy atom. The molecule has 0 fully saturated rings. The van der Waals surface area contributed by atoms with Gasteiger partial charge in [-0.1, -0.05) is 17.7 Å². The Balaban J connectivity index is 3.23. The van der Waals surface area contributed by atoms with Crippen molar-refractivity contribution < 1.29 is 19.0 Å². The lowest BCUT2D eigenvalue weighted by Gasteiger charge is -2.10. The van der Waals surface area contributed by atoms with Crippen molar-refractivity contribution in [2.45, 2.75) is 6.17 Å².